The lowest BCUT2D eigenvalue weighted by Gasteiger charge is -2.09. The van der Waals surface area contributed by atoms with Crippen LogP contribution in [-0.2, 0) is 0 Å². The minimum Gasteiger partial charge on any atom is -0.309 e. The number of rotatable bonds is 5. The zero-order valence-electron chi connectivity index (χ0n) is 31.5. The SMILES string of the molecule is [2H]c1c([2H])c([2H])c(-c2nc(-c3ccccc3)nc(-c3cccc4c3sc3cc(-c5ccc6c(c5)c5ccccc5n6-c5ccccc5)ccc34)n2)c([2H])c1[2H]. The highest BCUT2D eigenvalue weighted by Crippen LogP contribution is 2.42. The van der Waals surface area contributed by atoms with Crippen molar-refractivity contribution < 1.29 is 6.85 Å². The van der Waals surface area contributed by atoms with Crippen LogP contribution >= 0.6 is 11.3 Å². The molecule has 7 aromatic carbocycles. The molecule has 0 fully saturated rings. The zero-order chi connectivity index (χ0) is 37.4. The Morgan fingerprint density at radius 3 is 1.96 bits per heavy atom. The number of thiophene rings is 1. The normalized spacial score (nSPS) is 13.0. The van der Waals surface area contributed by atoms with E-state index in [0.717, 1.165) is 59.1 Å². The first kappa shape index (κ1) is 23.8. The van der Waals surface area contributed by atoms with Gasteiger partial charge in [-0.15, -0.1) is 11.3 Å². The molecular weight excluding hydrogens is 629 g/mol. The van der Waals surface area contributed by atoms with Crippen LogP contribution in [0.5, 0.6) is 0 Å². The summed E-state index contributed by atoms with van der Waals surface area (Å²) < 4.78 is 46.5. The predicted molar refractivity (Wildman–Crippen MR) is 209 cm³/mol. The summed E-state index contributed by atoms with van der Waals surface area (Å²) >= 11 is 1.65. The molecule has 5 heteroatoms. The fraction of sp³-hybridized carbons (Fsp3) is 0. The maximum atomic E-state index is 8.67. The Balaban J connectivity index is 1.13. The first-order chi connectivity index (χ1) is 26.9. The smallest absolute Gasteiger partial charge is 0.165 e. The Bertz CT molecular complexity index is 3130. The van der Waals surface area contributed by atoms with Gasteiger partial charge < -0.3 is 4.57 Å². The fourth-order valence-corrected chi connectivity index (χ4v) is 8.10. The van der Waals surface area contributed by atoms with Gasteiger partial charge in [-0.3, -0.25) is 0 Å². The van der Waals surface area contributed by atoms with E-state index >= 15 is 0 Å². The Kier molecular flexibility index (Phi) is 5.54. The second kappa shape index (κ2) is 11.6. The Labute approximate surface area is 299 Å². The van der Waals surface area contributed by atoms with Gasteiger partial charge in [0.05, 0.1) is 17.9 Å². The zero-order valence-corrected chi connectivity index (χ0v) is 27.3. The molecule has 0 aliphatic heterocycles. The number of hydrogen-bond acceptors (Lipinski definition) is 4. The van der Waals surface area contributed by atoms with Gasteiger partial charge in [0.15, 0.2) is 17.5 Å². The summed E-state index contributed by atoms with van der Waals surface area (Å²) in [6.07, 6.45) is 0. The third kappa shape index (κ3) is 4.71. The van der Waals surface area contributed by atoms with E-state index in [-0.39, 0.29) is 23.5 Å². The van der Waals surface area contributed by atoms with Gasteiger partial charge in [-0.25, -0.2) is 15.0 Å². The highest BCUT2D eigenvalue weighted by molar-refractivity contribution is 7.26. The maximum absolute atomic E-state index is 8.67. The monoisotopic (exact) mass is 661 g/mol. The fourth-order valence-electron chi connectivity index (χ4n) is 6.85. The van der Waals surface area contributed by atoms with Crippen LogP contribution in [0.2, 0.25) is 0 Å². The van der Waals surface area contributed by atoms with Crippen molar-refractivity contribution in [1.29, 1.82) is 0 Å². The van der Waals surface area contributed by atoms with Crippen molar-refractivity contribution >= 4 is 53.3 Å². The molecule has 234 valence electrons. The molecule has 3 heterocycles. The largest absolute Gasteiger partial charge is 0.309 e. The molecule has 10 rings (SSSR count). The number of nitrogens with zero attached hydrogens (tertiary/aromatic N) is 4. The second-order valence-electron chi connectivity index (χ2n) is 12.1. The second-order valence-corrected chi connectivity index (χ2v) is 13.1. The van der Waals surface area contributed by atoms with Crippen LogP contribution in [0.3, 0.4) is 0 Å². The number of hydrogen-bond donors (Lipinski definition) is 0. The third-order valence-electron chi connectivity index (χ3n) is 9.15. The maximum Gasteiger partial charge on any atom is 0.165 e. The first-order valence-electron chi connectivity index (χ1n) is 18.8. The molecule has 0 unspecified atom stereocenters. The van der Waals surface area contributed by atoms with Crippen molar-refractivity contribution in [3.8, 4) is 51.0 Å². The van der Waals surface area contributed by atoms with E-state index in [2.05, 4.69) is 101 Å². The summed E-state index contributed by atoms with van der Waals surface area (Å²) in [5.41, 5.74) is 7.09. The molecule has 0 amide bonds. The predicted octanol–water partition coefficient (Wildman–Crippen LogP) is 12.0. The minimum atomic E-state index is -0.468. The van der Waals surface area contributed by atoms with Crippen LogP contribution in [-0.4, -0.2) is 19.5 Å². The number of aromatic nitrogens is 4. The molecular formula is C45H28N4S. The van der Waals surface area contributed by atoms with Crippen LogP contribution in [0.1, 0.15) is 6.85 Å². The van der Waals surface area contributed by atoms with Crippen molar-refractivity contribution in [3.63, 3.8) is 0 Å². The van der Waals surface area contributed by atoms with E-state index in [1.54, 1.807) is 11.3 Å². The van der Waals surface area contributed by atoms with Gasteiger partial charge in [-0.1, -0.05) is 127 Å². The summed E-state index contributed by atoms with van der Waals surface area (Å²) in [5, 5.41) is 4.55. The van der Waals surface area contributed by atoms with E-state index < -0.39 is 18.1 Å². The molecule has 0 spiro atoms. The summed E-state index contributed by atoms with van der Waals surface area (Å²) in [5.74, 6) is 0.718. The van der Waals surface area contributed by atoms with E-state index in [1.807, 2.05) is 48.5 Å². The van der Waals surface area contributed by atoms with Crippen molar-refractivity contribution in [1.82, 2.24) is 19.5 Å². The van der Waals surface area contributed by atoms with Crippen molar-refractivity contribution in [2.24, 2.45) is 0 Å². The highest BCUT2D eigenvalue weighted by atomic mass is 32.1. The summed E-state index contributed by atoms with van der Waals surface area (Å²) in [4.78, 5) is 14.4. The molecule has 0 saturated heterocycles. The Morgan fingerprint density at radius 2 is 1.12 bits per heavy atom. The molecule has 50 heavy (non-hydrogen) atoms. The highest BCUT2D eigenvalue weighted by Gasteiger charge is 2.18. The van der Waals surface area contributed by atoms with Gasteiger partial charge >= 0.3 is 0 Å². The molecule has 0 N–H and O–H groups in total. The van der Waals surface area contributed by atoms with Crippen molar-refractivity contribution in [2.75, 3.05) is 0 Å². The van der Waals surface area contributed by atoms with Crippen molar-refractivity contribution in [2.45, 2.75) is 0 Å². The van der Waals surface area contributed by atoms with Gasteiger partial charge in [0.1, 0.15) is 0 Å². The topological polar surface area (TPSA) is 43.6 Å². The molecule has 0 radical (unpaired) electrons. The Morgan fingerprint density at radius 1 is 0.460 bits per heavy atom. The lowest BCUT2D eigenvalue weighted by molar-refractivity contribution is 1.08. The third-order valence-corrected chi connectivity index (χ3v) is 10.4. The number of benzene rings is 7. The lowest BCUT2D eigenvalue weighted by Crippen LogP contribution is -2.00. The summed E-state index contributed by atoms with van der Waals surface area (Å²) in [6.45, 7) is 0. The van der Waals surface area contributed by atoms with Crippen LogP contribution in [0, 0.1) is 0 Å². The summed E-state index contributed by atoms with van der Waals surface area (Å²) in [6, 6.07) is 45.6. The molecule has 0 saturated carbocycles. The molecule has 3 aromatic heterocycles. The van der Waals surface area contributed by atoms with Gasteiger partial charge in [0.25, 0.3) is 0 Å². The van der Waals surface area contributed by atoms with Crippen LogP contribution < -0.4 is 0 Å². The van der Waals surface area contributed by atoms with Gasteiger partial charge in [-0.2, -0.15) is 0 Å². The minimum absolute atomic E-state index is 0.0188. The number of fused-ring (bicyclic) bond motifs is 6. The quantitative estimate of drug-likeness (QED) is 0.184. The van der Waals surface area contributed by atoms with Crippen LogP contribution in [0.25, 0.3) is 93.0 Å². The average Bonchev–Trinajstić information content (AvgIpc) is 3.78. The van der Waals surface area contributed by atoms with Gasteiger partial charge in [0, 0.05) is 53.3 Å². The first-order valence-corrected chi connectivity index (χ1v) is 17.1. The molecule has 10 aromatic rings. The van der Waals surface area contributed by atoms with Crippen LogP contribution in [0.15, 0.2) is 170 Å². The average molecular weight is 662 g/mol. The molecule has 0 bridgehead atoms. The lowest BCUT2D eigenvalue weighted by atomic mass is 10.0. The van der Waals surface area contributed by atoms with E-state index in [1.165, 1.54) is 10.8 Å². The Hall–Kier alpha value is -6.43. The van der Waals surface area contributed by atoms with Crippen LogP contribution in [0.4, 0.5) is 0 Å². The molecule has 0 atom stereocenters. The van der Waals surface area contributed by atoms with Gasteiger partial charge in [0.2, 0.25) is 0 Å². The molecule has 0 aliphatic carbocycles. The number of para-hydroxylation sites is 2. The van der Waals surface area contributed by atoms with Gasteiger partial charge in [-0.05, 0) is 53.6 Å². The molecule has 0 aliphatic rings. The van der Waals surface area contributed by atoms with E-state index in [4.69, 9.17) is 16.8 Å². The van der Waals surface area contributed by atoms with Crippen molar-refractivity contribution in [3.05, 3.63) is 170 Å². The molecule has 4 nitrogen and oxygen atoms in total. The standard InChI is InChI=1S/C45H28N4S/c1-4-13-29(14-5-1)43-46-44(30-15-6-2-7-16-30)48-45(47-43)37-21-12-20-36-35-25-23-32(28-41(35)50-42(36)37)31-24-26-40-38(27-31)34-19-10-11-22-39(34)49(40)33-17-8-3-9-18-33/h1-28H/i1D,4D,5D,13D,14D. The van der Waals surface area contributed by atoms with E-state index in [9.17, 15) is 0 Å². The summed E-state index contributed by atoms with van der Waals surface area (Å²) in [7, 11) is 0. The van der Waals surface area contributed by atoms with E-state index in [0.29, 0.717) is 11.6 Å².